The van der Waals surface area contributed by atoms with Gasteiger partial charge in [0.05, 0.1) is 6.42 Å². The number of amides is 2. The molecule has 2 aliphatic rings. The minimum atomic E-state index is -0.556. The maximum Gasteiger partial charge on any atom is 0.264 e. The van der Waals surface area contributed by atoms with Crippen LogP contribution in [0.1, 0.15) is 29.3 Å². The lowest BCUT2D eigenvalue weighted by atomic mass is 10.1. The van der Waals surface area contributed by atoms with Crippen LogP contribution >= 0.6 is 11.3 Å². The Morgan fingerprint density at radius 1 is 1.12 bits per heavy atom. The Bertz CT molecular complexity index is 1180. The summed E-state index contributed by atoms with van der Waals surface area (Å²) in [6, 6.07) is 15.1. The molecular weight excluding hydrogens is 440 g/mol. The van der Waals surface area contributed by atoms with E-state index in [1.807, 2.05) is 60.8 Å². The van der Waals surface area contributed by atoms with Gasteiger partial charge in [-0.3, -0.25) is 9.59 Å². The Labute approximate surface area is 195 Å². The van der Waals surface area contributed by atoms with E-state index in [-0.39, 0.29) is 18.6 Å². The van der Waals surface area contributed by atoms with Crippen molar-refractivity contribution in [2.45, 2.75) is 39.0 Å². The van der Waals surface area contributed by atoms with Crippen molar-refractivity contribution in [3.63, 3.8) is 0 Å². The van der Waals surface area contributed by atoms with Crippen LogP contribution in [0.25, 0.3) is 0 Å². The van der Waals surface area contributed by atoms with E-state index in [1.165, 1.54) is 0 Å². The summed E-state index contributed by atoms with van der Waals surface area (Å²) in [7, 11) is 0. The molecule has 0 spiro atoms. The summed E-state index contributed by atoms with van der Waals surface area (Å²) in [4.78, 5) is 28.4. The molecule has 0 saturated heterocycles. The van der Waals surface area contributed by atoms with E-state index in [2.05, 4.69) is 5.32 Å². The second-order valence-corrected chi connectivity index (χ2v) is 9.06. The zero-order valence-corrected chi connectivity index (χ0v) is 19.0. The first-order valence-electron chi connectivity index (χ1n) is 10.9. The first kappa shape index (κ1) is 21.3. The van der Waals surface area contributed by atoms with Crippen molar-refractivity contribution in [1.82, 2.24) is 4.90 Å². The predicted molar refractivity (Wildman–Crippen MR) is 125 cm³/mol. The first-order valence-corrected chi connectivity index (χ1v) is 11.8. The average molecular weight is 465 g/mol. The van der Waals surface area contributed by atoms with Crippen molar-refractivity contribution in [3.05, 3.63) is 69.9 Å². The molecule has 0 unspecified atom stereocenters. The molecule has 1 atom stereocenters. The van der Waals surface area contributed by atoms with Crippen LogP contribution in [0.5, 0.6) is 17.2 Å². The van der Waals surface area contributed by atoms with Crippen molar-refractivity contribution < 1.29 is 23.8 Å². The average Bonchev–Trinajstić information content (AvgIpc) is 3.46. The second kappa shape index (κ2) is 9.15. The third-order valence-corrected chi connectivity index (χ3v) is 6.53. The molecule has 1 N–H and O–H groups in total. The van der Waals surface area contributed by atoms with Crippen molar-refractivity contribution in [2.24, 2.45) is 0 Å². The van der Waals surface area contributed by atoms with Crippen molar-refractivity contribution in [2.75, 3.05) is 12.1 Å². The maximum atomic E-state index is 13.2. The van der Waals surface area contributed by atoms with Gasteiger partial charge >= 0.3 is 0 Å². The van der Waals surface area contributed by atoms with Crippen molar-refractivity contribution in [3.8, 4) is 17.2 Å². The van der Waals surface area contributed by atoms with Gasteiger partial charge in [0.2, 0.25) is 12.7 Å². The Morgan fingerprint density at radius 3 is 2.79 bits per heavy atom. The molecule has 2 aromatic carbocycles. The molecular formula is C25H24N2O5S. The summed E-state index contributed by atoms with van der Waals surface area (Å²) in [5.74, 6) is 1.93. The number of hydrogen-bond acceptors (Lipinski definition) is 6. The Balaban J connectivity index is 1.36. The van der Waals surface area contributed by atoms with Gasteiger partial charge in [-0.25, -0.2) is 0 Å². The highest BCUT2D eigenvalue weighted by Gasteiger charge is 2.30. The molecule has 2 amide bonds. The molecule has 0 saturated carbocycles. The normalized spacial score (nSPS) is 16.7. The van der Waals surface area contributed by atoms with Gasteiger partial charge in [-0.2, -0.15) is 0 Å². The summed E-state index contributed by atoms with van der Waals surface area (Å²) < 4.78 is 16.9. The lowest BCUT2D eigenvalue weighted by molar-refractivity contribution is -0.139. The van der Waals surface area contributed by atoms with Gasteiger partial charge < -0.3 is 24.4 Å². The highest BCUT2D eigenvalue weighted by Crippen LogP contribution is 2.34. The summed E-state index contributed by atoms with van der Waals surface area (Å²) >= 11 is 1.56. The SMILES string of the molecule is CC[C@@H]1Oc2ccc(NC(=O)Cc3cccs3)cc2CN(Cc2ccc3c(c2)OCO3)C1=O. The first-order chi connectivity index (χ1) is 16.1. The van der Waals surface area contributed by atoms with Crippen molar-refractivity contribution in [1.29, 1.82) is 0 Å². The fourth-order valence-electron chi connectivity index (χ4n) is 4.01. The molecule has 1 aromatic heterocycles. The summed E-state index contributed by atoms with van der Waals surface area (Å²) in [6.07, 6.45) is 0.340. The molecule has 170 valence electrons. The molecule has 5 rings (SSSR count). The molecule has 33 heavy (non-hydrogen) atoms. The van der Waals surface area contributed by atoms with E-state index >= 15 is 0 Å². The van der Waals surface area contributed by atoms with E-state index in [1.54, 1.807) is 16.2 Å². The molecule has 2 aliphatic heterocycles. The smallest absolute Gasteiger partial charge is 0.264 e. The van der Waals surface area contributed by atoms with Crippen LogP contribution in [0.2, 0.25) is 0 Å². The number of rotatable bonds is 6. The highest BCUT2D eigenvalue weighted by atomic mass is 32.1. The number of hydrogen-bond donors (Lipinski definition) is 1. The Morgan fingerprint density at radius 2 is 1.97 bits per heavy atom. The highest BCUT2D eigenvalue weighted by molar-refractivity contribution is 7.10. The van der Waals surface area contributed by atoms with E-state index in [0.717, 1.165) is 16.0 Å². The summed E-state index contributed by atoms with van der Waals surface area (Å²) in [6.45, 7) is 2.95. The molecule has 7 nitrogen and oxygen atoms in total. The number of nitrogens with one attached hydrogen (secondary N) is 1. The van der Waals surface area contributed by atoms with Crippen LogP contribution in [0, 0.1) is 0 Å². The third kappa shape index (κ3) is 4.66. The van der Waals surface area contributed by atoms with E-state index in [9.17, 15) is 9.59 Å². The topological polar surface area (TPSA) is 77.1 Å². The number of benzene rings is 2. The molecule has 8 heteroatoms. The van der Waals surface area contributed by atoms with E-state index in [4.69, 9.17) is 14.2 Å². The third-order valence-electron chi connectivity index (χ3n) is 5.66. The standard InChI is InChI=1S/C25H24N2O5S/c1-2-20-25(29)27(13-16-5-7-22-23(10-16)31-15-30-22)14-17-11-18(6-8-21(17)32-20)26-24(28)12-19-4-3-9-33-19/h3-11,20H,2,12-15H2,1H3,(H,26,28)/t20-/m0/s1. The van der Waals surface area contributed by atoms with E-state index < -0.39 is 6.10 Å². The molecule has 0 radical (unpaired) electrons. The molecule has 0 bridgehead atoms. The molecule has 0 aliphatic carbocycles. The number of fused-ring (bicyclic) bond motifs is 2. The number of ether oxygens (including phenoxy) is 3. The minimum Gasteiger partial charge on any atom is -0.480 e. The molecule has 0 fully saturated rings. The Hall–Kier alpha value is -3.52. The maximum absolute atomic E-state index is 13.2. The zero-order valence-electron chi connectivity index (χ0n) is 18.2. The number of nitrogens with zero attached hydrogens (tertiary/aromatic N) is 1. The van der Waals surface area contributed by atoms with Crippen LogP contribution in [-0.4, -0.2) is 29.6 Å². The monoisotopic (exact) mass is 464 g/mol. The fourth-order valence-corrected chi connectivity index (χ4v) is 4.72. The number of anilines is 1. The van der Waals surface area contributed by atoms with Gasteiger partial charge in [0, 0.05) is 29.2 Å². The van der Waals surface area contributed by atoms with Gasteiger partial charge in [0.25, 0.3) is 5.91 Å². The Kier molecular flexibility index (Phi) is 5.92. The van der Waals surface area contributed by atoms with Gasteiger partial charge in [-0.15, -0.1) is 11.3 Å². The van der Waals surface area contributed by atoms with Gasteiger partial charge in [0.15, 0.2) is 17.6 Å². The number of carbonyl (C=O) groups is 2. The quantitative estimate of drug-likeness (QED) is 0.587. The second-order valence-electron chi connectivity index (χ2n) is 8.02. The number of carbonyl (C=O) groups excluding carboxylic acids is 2. The lowest BCUT2D eigenvalue weighted by Crippen LogP contribution is -2.38. The fraction of sp³-hybridized carbons (Fsp3) is 0.280. The van der Waals surface area contributed by atoms with Gasteiger partial charge in [0.1, 0.15) is 5.75 Å². The molecule has 3 aromatic rings. The predicted octanol–water partition coefficient (Wildman–Crippen LogP) is 4.36. The summed E-state index contributed by atoms with van der Waals surface area (Å²) in [5, 5.41) is 4.91. The summed E-state index contributed by atoms with van der Waals surface area (Å²) in [5.41, 5.74) is 2.49. The van der Waals surface area contributed by atoms with Crippen LogP contribution in [0.4, 0.5) is 5.69 Å². The lowest BCUT2D eigenvalue weighted by Gasteiger charge is -2.23. The van der Waals surface area contributed by atoms with Gasteiger partial charge in [-0.1, -0.05) is 19.1 Å². The van der Waals surface area contributed by atoms with E-state index in [0.29, 0.717) is 48.9 Å². The minimum absolute atomic E-state index is 0.0605. The van der Waals surface area contributed by atoms with Crippen molar-refractivity contribution >= 4 is 28.8 Å². The molecule has 3 heterocycles. The van der Waals surface area contributed by atoms with Crippen LogP contribution in [0.3, 0.4) is 0 Å². The zero-order chi connectivity index (χ0) is 22.8. The van der Waals surface area contributed by atoms with Crippen LogP contribution in [-0.2, 0) is 29.1 Å². The van der Waals surface area contributed by atoms with Crippen LogP contribution in [0.15, 0.2) is 53.9 Å². The van der Waals surface area contributed by atoms with Gasteiger partial charge in [-0.05, 0) is 53.8 Å². The number of thiophene rings is 1. The van der Waals surface area contributed by atoms with Crippen LogP contribution < -0.4 is 19.5 Å². The largest absolute Gasteiger partial charge is 0.480 e.